The lowest BCUT2D eigenvalue weighted by molar-refractivity contribution is 0.156. The van der Waals surface area contributed by atoms with Crippen LogP contribution in [0.25, 0.3) is 16.6 Å². The number of nitrogens with one attached hydrogen (secondary N) is 1. The van der Waals surface area contributed by atoms with Gasteiger partial charge < -0.3 is 10.2 Å². The van der Waals surface area contributed by atoms with Crippen LogP contribution in [-0.4, -0.2) is 32.6 Å². The van der Waals surface area contributed by atoms with Gasteiger partial charge in [-0.1, -0.05) is 39.0 Å². The van der Waals surface area contributed by atoms with Gasteiger partial charge in [0.1, 0.15) is 5.82 Å². The number of rotatable bonds is 7. The second-order valence-electron chi connectivity index (χ2n) is 10.9. The second kappa shape index (κ2) is 10.6. The fourth-order valence-corrected chi connectivity index (χ4v) is 4.22. The molecule has 2 aromatic carbocycles. The Morgan fingerprint density at radius 1 is 1.09 bits per heavy atom. The summed E-state index contributed by atoms with van der Waals surface area (Å²) in [5.41, 5.74) is 3.18. The first kappa shape index (κ1) is 26.5. The zero-order chi connectivity index (χ0) is 25.9. The zero-order valence-corrected chi connectivity index (χ0v) is 22.5. The van der Waals surface area contributed by atoms with Crippen LogP contribution in [0.2, 0.25) is 0 Å². The van der Waals surface area contributed by atoms with Crippen molar-refractivity contribution in [2.45, 2.75) is 79.8 Å². The summed E-state index contributed by atoms with van der Waals surface area (Å²) in [6.45, 7) is 17.0. The fraction of sp³-hybridized carbons (Fsp3) is 0.483. The molecule has 3 aromatic rings. The lowest BCUT2D eigenvalue weighted by Crippen LogP contribution is -2.50. The summed E-state index contributed by atoms with van der Waals surface area (Å²) < 4.78 is 1.70. The average Bonchev–Trinajstić information content (AvgIpc) is 2.77. The van der Waals surface area contributed by atoms with Crippen molar-refractivity contribution >= 4 is 16.9 Å². The maximum absolute atomic E-state index is 13.9. The first-order chi connectivity index (χ1) is 16.4. The predicted octanol–water partition coefficient (Wildman–Crippen LogP) is 6.31. The molecule has 0 spiro atoms. The molecule has 6 heteroatoms. The van der Waals surface area contributed by atoms with Crippen LogP contribution in [0.3, 0.4) is 0 Å². The van der Waals surface area contributed by atoms with E-state index in [1.165, 1.54) is 0 Å². The van der Waals surface area contributed by atoms with Gasteiger partial charge in [0.05, 0.1) is 22.6 Å². The van der Waals surface area contributed by atoms with Crippen molar-refractivity contribution in [2.75, 3.05) is 6.54 Å². The van der Waals surface area contributed by atoms with E-state index in [0.29, 0.717) is 35.6 Å². The van der Waals surface area contributed by atoms with Crippen molar-refractivity contribution in [3.63, 3.8) is 0 Å². The quantitative estimate of drug-likeness (QED) is 0.434. The van der Waals surface area contributed by atoms with Gasteiger partial charge in [-0.15, -0.1) is 0 Å². The second-order valence-corrected chi connectivity index (χ2v) is 10.9. The van der Waals surface area contributed by atoms with Crippen molar-refractivity contribution in [2.24, 2.45) is 5.92 Å². The van der Waals surface area contributed by atoms with Crippen LogP contribution in [-0.2, 0) is 0 Å². The van der Waals surface area contributed by atoms with E-state index in [2.05, 4.69) is 26.1 Å². The Labute approximate surface area is 209 Å². The highest BCUT2D eigenvalue weighted by atomic mass is 16.2. The molecular weight excluding hydrogens is 436 g/mol. The van der Waals surface area contributed by atoms with Gasteiger partial charge in [-0.2, -0.15) is 0 Å². The van der Waals surface area contributed by atoms with Crippen LogP contribution in [0.5, 0.6) is 0 Å². The van der Waals surface area contributed by atoms with Gasteiger partial charge in [0.15, 0.2) is 0 Å². The van der Waals surface area contributed by atoms with Crippen LogP contribution >= 0.6 is 0 Å². The number of carbonyl (C=O) groups excluding carboxylic acids is 1. The van der Waals surface area contributed by atoms with E-state index >= 15 is 0 Å². The summed E-state index contributed by atoms with van der Waals surface area (Å²) >= 11 is 0. The van der Waals surface area contributed by atoms with Crippen LogP contribution in [0.4, 0.5) is 4.79 Å². The van der Waals surface area contributed by atoms with E-state index in [-0.39, 0.29) is 23.2 Å². The van der Waals surface area contributed by atoms with Gasteiger partial charge >= 0.3 is 6.03 Å². The molecule has 1 N–H and O–H groups in total. The average molecular weight is 477 g/mol. The molecule has 188 valence electrons. The summed E-state index contributed by atoms with van der Waals surface area (Å²) in [5.74, 6) is 1.02. The van der Waals surface area contributed by atoms with E-state index < -0.39 is 0 Å². The first-order valence-electron chi connectivity index (χ1n) is 12.6. The van der Waals surface area contributed by atoms with Crippen molar-refractivity contribution in [1.82, 2.24) is 19.8 Å². The van der Waals surface area contributed by atoms with E-state index in [1.54, 1.807) is 4.57 Å². The summed E-state index contributed by atoms with van der Waals surface area (Å²) in [6.07, 6.45) is 1.49. The SMILES string of the molecule is CCC(c1nc2ccccc2c(=O)n1-c1ccc(C)c(C)c1)N(CCC(C)C)C(=O)NC(C)(C)C. The monoisotopic (exact) mass is 476 g/mol. The molecule has 6 nitrogen and oxygen atoms in total. The lowest BCUT2D eigenvalue weighted by atomic mass is 10.1. The van der Waals surface area contributed by atoms with Gasteiger partial charge in [-0.25, -0.2) is 9.78 Å². The summed E-state index contributed by atoms with van der Waals surface area (Å²) in [4.78, 5) is 34.3. The molecule has 1 heterocycles. The molecule has 2 amide bonds. The van der Waals surface area contributed by atoms with Crippen LogP contribution in [0, 0.1) is 19.8 Å². The molecule has 1 aromatic heterocycles. The van der Waals surface area contributed by atoms with Gasteiger partial charge in [0.2, 0.25) is 0 Å². The Morgan fingerprint density at radius 3 is 2.37 bits per heavy atom. The van der Waals surface area contributed by atoms with Crippen molar-refractivity contribution in [3.05, 3.63) is 69.8 Å². The molecule has 0 aliphatic heterocycles. The highest BCUT2D eigenvalue weighted by Gasteiger charge is 2.30. The number of aromatic nitrogens is 2. The molecular formula is C29H40N4O2. The number of para-hydroxylation sites is 1. The van der Waals surface area contributed by atoms with Gasteiger partial charge in [0, 0.05) is 12.1 Å². The number of hydrogen-bond acceptors (Lipinski definition) is 3. The standard InChI is InChI=1S/C29H40N4O2/c1-9-25(32(17-16-19(2)3)28(35)31-29(6,7)8)26-30-24-13-11-10-12-23(24)27(34)33(26)22-15-14-20(4)21(5)18-22/h10-15,18-19,25H,9,16-17H2,1-8H3,(H,31,35). The molecule has 0 aliphatic rings. The zero-order valence-electron chi connectivity index (χ0n) is 22.5. The number of amides is 2. The molecule has 0 bridgehead atoms. The third-order valence-corrected chi connectivity index (χ3v) is 6.30. The van der Waals surface area contributed by atoms with Crippen molar-refractivity contribution < 1.29 is 4.79 Å². The molecule has 1 atom stereocenters. The normalized spacial score (nSPS) is 12.7. The number of aryl methyl sites for hydroxylation is 2. The smallest absolute Gasteiger partial charge is 0.318 e. The molecule has 0 saturated heterocycles. The number of nitrogens with zero attached hydrogens (tertiary/aromatic N) is 3. The minimum Gasteiger partial charge on any atom is -0.333 e. The molecule has 0 fully saturated rings. The number of fused-ring (bicyclic) bond motifs is 1. The number of hydrogen-bond donors (Lipinski definition) is 1. The molecule has 35 heavy (non-hydrogen) atoms. The third kappa shape index (κ3) is 6.11. The number of carbonyl (C=O) groups is 1. The summed E-state index contributed by atoms with van der Waals surface area (Å²) in [6, 6.07) is 12.9. The first-order valence-corrected chi connectivity index (χ1v) is 12.6. The van der Waals surface area contributed by atoms with Gasteiger partial charge in [-0.05, 0) is 88.8 Å². The number of urea groups is 1. The number of benzene rings is 2. The van der Waals surface area contributed by atoms with E-state index in [4.69, 9.17) is 4.98 Å². The summed E-state index contributed by atoms with van der Waals surface area (Å²) in [7, 11) is 0. The molecule has 3 rings (SSSR count). The topological polar surface area (TPSA) is 67.2 Å². The predicted molar refractivity (Wildman–Crippen MR) is 144 cm³/mol. The van der Waals surface area contributed by atoms with Crippen molar-refractivity contribution in [3.8, 4) is 5.69 Å². The van der Waals surface area contributed by atoms with E-state index in [9.17, 15) is 9.59 Å². The Morgan fingerprint density at radius 2 is 1.77 bits per heavy atom. The lowest BCUT2D eigenvalue weighted by Gasteiger charge is -2.35. The van der Waals surface area contributed by atoms with Crippen LogP contribution in [0.1, 0.15) is 77.4 Å². The molecule has 1 unspecified atom stereocenters. The van der Waals surface area contributed by atoms with E-state index in [1.807, 2.05) is 82.0 Å². The molecule has 0 aliphatic carbocycles. The fourth-order valence-electron chi connectivity index (χ4n) is 4.22. The Kier molecular flexibility index (Phi) is 8.04. The Bertz CT molecular complexity index is 1250. The molecule has 0 radical (unpaired) electrons. The van der Waals surface area contributed by atoms with Crippen molar-refractivity contribution in [1.29, 1.82) is 0 Å². The van der Waals surface area contributed by atoms with Gasteiger partial charge in [0.25, 0.3) is 5.56 Å². The molecule has 0 saturated carbocycles. The minimum absolute atomic E-state index is 0.118. The highest BCUT2D eigenvalue weighted by Crippen LogP contribution is 2.28. The van der Waals surface area contributed by atoms with Gasteiger partial charge in [-0.3, -0.25) is 9.36 Å². The Balaban J connectivity index is 2.27. The largest absolute Gasteiger partial charge is 0.333 e. The van der Waals surface area contributed by atoms with Crippen LogP contribution in [0.15, 0.2) is 47.3 Å². The highest BCUT2D eigenvalue weighted by molar-refractivity contribution is 5.78. The summed E-state index contributed by atoms with van der Waals surface area (Å²) in [5, 5.41) is 3.69. The minimum atomic E-state index is -0.379. The third-order valence-electron chi connectivity index (χ3n) is 6.30. The maximum atomic E-state index is 13.9. The van der Waals surface area contributed by atoms with Crippen LogP contribution < -0.4 is 10.9 Å². The van der Waals surface area contributed by atoms with E-state index in [0.717, 1.165) is 23.2 Å². The Hall–Kier alpha value is -3.15. The maximum Gasteiger partial charge on any atom is 0.318 e.